The van der Waals surface area contributed by atoms with Gasteiger partial charge in [0.25, 0.3) is 0 Å². The molecule has 138 valence electrons. The van der Waals surface area contributed by atoms with E-state index in [1.807, 2.05) is 42.5 Å². The van der Waals surface area contributed by atoms with Crippen molar-refractivity contribution in [3.63, 3.8) is 0 Å². The van der Waals surface area contributed by atoms with Crippen molar-refractivity contribution in [1.82, 2.24) is 5.32 Å². The molecule has 0 saturated heterocycles. The zero-order chi connectivity index (χ0) is 18.9. The number of aliphatic carboxylic acids is 2. The van der Waals surface area contributed by atoms with Crippen LogP contribution in [0.1, 0.15) is 35.1 Å². The summed E-state index contributed by atoms with van der Waals surface area (Å²) >= 11 is 0. The number of benzene rings is 2. The number of aliphatic hydroxyl groups is 1. The standard InChI is InChI=1S/C20H23NO5/c22-18(16-4-2-1-3-5-16)13-21-11-10-14-6-8-15(9-7-14)17(20(25)26)12-19(23)24/h1-9,17-18,21-22H,10-13H2,(H,23,24)(H,25,26). The summed E-state index contributed by atoms with van der Waals surface area (Å²) in [6, 6.07) is 16.4. The van der Waals surface area contributed by atoms with Crippen molar-refractivity contribution in [2.45, 2.75) is 24.9 Å². The van der Waals surface area contributed by atoms with Crippen LogP contribution in [0.3, 0.4) is 0 Å². The summed E-state index contributed by atoms with van der Waals surface area (Å²) in [6.45, 7) is 1.11. The van der Waals surface area contributed by atoms with Crippen molar-refractivity contribution in [1.29, 1.82) is 0 Å². The highest BCUT2D eigenvalue weighted by Crippen LogP contribution is 2.21. The molecule has 2 aromatic carbocycles. The summed E-state index contributed by atoms with van der Waals surface area (Å²) in [4.78, 5) is 22.0. The van der Waals surface area contributed by atoms with Gasteiger partial charge in [-0.25, -0.2) is 0 Å². The monoisotopic (exact) mass is 357 g/mol. The van der Waals surface area contributed by atoms with Gasteiger partial charge in [0.1, 0.15) is 0 Å². The maximum absolute atomic E-state index is 11.2. The summed E-state index contributed by atoms with van der Waals surface area (Å²) in [5.41, 5.74) is 2.36. The predicted octanol–water partition coefficient (Wildman–Crippen LogP) is 2.20. The molecular formula is C20H23NO5. The fourth-order valence-electron chi connectivity index (χ4n) is 2.70. The minimum Gasteiger partial charge on any atom is -0.481 e. The van der Waals surface area contributed by atoms with Crippen LogP contribution < -0.4 is 5.32 Å². The highest BCUT2D eigenvalue weighted by Gasteiger charge is 2.22. The highest BCUT2D eigenvalue weighted by atomic mass is 16.4. The first-order valence-corrected chi connectivity index (χ1v) is 8.44. The van der Waals surface area contributed by atoms with Gasteiger partial charge in [-0.05, 0) is 29.7 Å². The molecule has 6 nitrogen and oxygen atoms in total. The molecule has 0 heterocycles. The Morgan fingerprint density at radius 3 is 2.15 bits per heavy atom. The number of hydrogen-bond donors (Lipinski definition) is 4. The molecule has 2 rings (SSSR count). The van der Waals surface area contributed by atoms with Crippen molar-refractivity contribution in [2.24, 2.45) is 0 Å². The van der Waals surface area contributed by atoms with E-state index in [9.17, 15) is 14.7 Å². The number of nitrogens with one attached hydrogen (secondary N) is 1. The predicted molar refractivity (Wildman–Crippen MR) is 97.0 cm³/mol. The average Bonchev–Trinajstić information content (AvgIpc) is 2.64. The van der Waals surface area contributed by atoms with E-state index in [0.29, 0.717) is 18.7 Å². The number of rotatable bonds is 10. The first kappa shape index (κ1) is 19.6. The van der Waals surface area contributed by atoms with E-state index >= 15 is 0 Å². The molecule has 0 radical (unpaired) electrons. The Morgan fingerprint density at radius 2 is 1.58 bits per heavy atom. The van der Waals surface area contributed by atoms with E-state index in [1.54, 1.807) is 12.1 Å². The zero-order valence-electron chi connectivity index (χ0n) is 14.3. The second-order valence-corrected chi connectivity index (χ2v) is 6.11. The molecule has 0 aromatic heterocycles. The van der Waals surface area contributed by atoms with Crippen LogP contribution >= 0.6 is 0 Å². The molecule has 0 spiro atoms. The lowest BCUT2D eigenvalue weighted by Crippen LogP contribution is -2.23. The van der Waals surface area contributed by atoms with E-state index in [-0.39, 0.29) is 0 Å². The fourth-order valence-corrected chi connectivity index (χ4v) is 2.70. The molecule has 0 saturated carbocycles. The van der Waals surface area contributed by atoms with Crippen LogP contribution in [-0.2, 0) is 16.0 Å². The van der Waals surface area contributed by atoms with Crippen LogP contribution in [0.4, 0.5) is 0 Å². The summed E-state index contributed by atoms with van der Waals surface area (Å²) in [5, 5.41) is 31.3. The van der Waals surface area contributed by atoms with Gasteiger partial charge in [0.15, 0.2) is 0 Å². The van der Waals surface area contributed by atoms with E-state index in [2.05, 4.69) is 5.32 Å². The Labute approximate surface area is 152 Å². The largest absolute Gasteiger partial charge is 0.481 e. The third kappa shape index (κ3) is 5.98. The molecule has 2 atom stereocenters. The lowest BCUT2D eigenvalue weighted by atomic mass is 9.94. The van der Waals surface area contributed by atoms with Gasteiger partial charge < -0.3 is 20.6 Å². The molecule has 26 heavy (non-hydrogen) atoms. The van der Waals surface area contributed by atoms with Gasteiger partial charge in [0.05, 0.1) is 18.4 Å². The molecular weight excluding hydrogens is 334 g/mol. The lowest BCUT2D eigenvalue weighted by Gasteiger charge is -2.13. The summed E-state index contributed by atoms with van der Waals surface area (Å²) < 4.78 is 0. The minimum absolute atomic E-state index is 0.437. The summed E-state index contributed by atoms with van der Waals surface area (Å²) in [7, 11) is 0. The Hall–Kier alpha value is -2.70. The molecule has 6 heteroatoms. The first-order chi connectivity index (χ1) is 12.5. The van der Waals surface area contributed by atoms with Crippen LogP contribution in [0, 0.1) is 0 Å². The number of hydrogen-bond acceptors (Lipinski definition) is 4. The second-order valence-electron chi connectivity index (χ2n) is 6.11. The molecule has 0 amide bonds. The minimum atomic E-state index is -1.14. The van der Waals surface area contributed by atoms with Crippen LogP contribution in [0.2, 0.25) is 0 Å². The van der Waals surface area contributed by atoms with Crippen LogP contribution in [0.15, 0.2) is 54.6 Å². The molecule has 0 bridgehead atoms. The quantitative estimate of drug-likeness (QED) is 0.486. The van der Waals surface area contributed by atoms with Crippen molar-refractivity contribution < 1.29 is 24.9 Å². The van der Waals surface area contributed by atoms with Gasteiger partial charge in [-0.2, -0.15) is 0 Å². The molecule has 4 N–H and O–H groups in total. The SMILES string of the molecule is O=C(O)CC(C(=O)O)c1ccc(CCNCC(O)c2ccccc2)cc1. The summed E-state index contributed by atoms with van der Waals surface area (Å²) in [6.07, 6.45) is -0.280. The zero-order valence-corrected chi connectivity index (χ0v) is 14.3. The van der Waals surface area contributed by atoms with Gasteiger partial charge in [-0.3, -0.25) is 9.59 Å². The van der Waals surface area contributed by atoms with Gasteiger partial charge in [0.2, 0.25) is 0 Å². The van der Waals surface area contributed by atoms with Crippen molar-refractivity contribution in [2.75, 3.05) is 13.1 Å². The molecule has 0 aliphatic carbocycles. The Bertz CT molecular complexity index is 715. The van der Waals surface area contributed by atoms with E-state index in [4.69, 9.17) is 10.2 Å². The van der Waals surface area contributed by atoms with E-state index in [0.717, 1.165) is 17.5 Å². The maximum atomic E-state index is 11.2. The maximum Gasteiger partial charge on any atom is 0.311 e. The van der Waals surface area contributed by atoms with Crippen LogP contribution in [0.25, 0.3) is 0 Å². The summed E-state index contributed by atoms with van der Waals surface area (Å²) in [5.74, 6) is -3.32. The van der Waals surface area contributed by atoms with Gasteiger partial charge in [-0.15, -0.1) is 0 Å². The number of carbonyl (C=O) groups is 2. The number of carboxylic acids is 2. The molecule has 2 unspecified atom stereocenters. The third-order valence-corrected chi connectivity index (χ3v) is 4.17. The second kappa shape index (κ2) is 9.70. The van der Waals surface area contributed by atoms with Crippen LogP contribution in [0.5, 0.6) is 0 Å². The molecule has 2 aromatic rings. The molecule has 0 fully saturated rings. The van der Waals surface area contributed by atoms with E-state index < -0.39 is 30.4 Å². The lowest BCUT2D eigenvalue weighted by molar-refractivity contribution is -0.145. The van der Waals surface area contributed by atoms with Gasteiger partial charge >= 0.3 is 11.9 Å². The normalized spacial score (nSPS) is 13.1. The Balaban J connectivity index is 1.81. The number of carboxylic acid groups (broad SMARTS) is 2. The van der Waals surface area contributed by atoms with Gasteiger partial charge in [-0.1, -0.05) is 54.6 Å². The van der Waals surface area contributed by atoms with Crippen LogP contribution in [-0.4, -0.2) is 40.3 Å². The number of aliphatic hydroxyl groups excluding tert-OH is 1. The van der Waals surface area contributed by atoms with Gasteiger partial charge in [0, 0.05) is 6.54 Å². The first-order valence-electron chi connectivity index (χ1n) is 8.44. The Morgan fingerprint density at radius 1 is 0.923 bits per heavy atom. The van der Waals surface area contributed by atoms with E-state index in [1.165, 1.54) is 0 Å². The third-order valence-electron chi connectivity index (χ3n) is 4.17. The van der Waals surface area contributed by atoms with Crippen molar-refractivity contribution in [3.05, 3.63) is 71.3 Å². The highest BCUT2D eigenvalue weighted by molar-refractivity contribution is 5.82. The average molecular weight is 357 g/mol. The Kier molecular flexibility index (Phi) is 7.32. The van der Waals surface area contributed by atoms with Crippen molar-refractivity contribution >= 4 is 11.9 Å². The molecule has 0 aliphatic rings. The molecule has 0 aliphatic heterocycles. The smallest absolute Gasteiger partial charge is 0.311 e. The topological polar surface area (TPSA) is 107 Å². The van der Waals surface area contributed by atoms with Crippen molar-refractivity contribution in [3.8, 4) is 0 Å². The fraction of sp³-hybridized carbons (Fsp3) is 0.300.